The van der Waals surface area contributed by atoms with Crippen LogP contribution in [-0.2, 0) is 5.11 Å². The summed E-state index contributed by atoms with van der Waals surface area (Å²) in [5, 5.41) is 10.3. The highest BCUT2D eigenvalue weighted by Gasteiger charge is 2.17. The van der Waals surface area contributed by atoms with E-state index < -0.39 is 0 Å². The maximum Gasteiger partial charge on any atom is 0.0822 e. The van der Waals surface area contributed by atoms with Crippen LogP contribution in [-0.4, -0.2) is 55.2 Å². The molecule has 1 saturated heterocycles. The summed E-state index contributed by atoms with van der Waals surface area (Å²) in [6.45, 7) is 10.5. The van der Waals surface area contributed by atoms with Crippen molar-refractivity contribution in [2.45, 2.75) is 32.7 Å². The molecule has 0 saturated carbocycles. The molecule has 1 aliphatic heterocycles. The van der Waals surface area contributed by atoms with Crippen molar-refractivity contribution in [1.29, 1.82) is 0 Å². The Balaban J connectivity index is 2.09. The van der Waals surface area contributed by atoms with Gasteiger partial charge in [0.1, 0.15) is 0 Å². The Bertz CT molecular complexity index is 142. The fourth-order valence-corrected chi connectivity index (χ4v) is 1.94. The zero-order valence-corrected chi connectivity index (χ0v) is 9.54. The second-order valence-electron chi connectivity index (χ2n) is 4.38. The third-order valence-corrected chi connectivity index (χ3v) is 3.01. The molecule has 1 aliphatic rings. The van der Waals surface area contributed by atoms with Crippen molar-refractivity contribution in [2.24, 2.45) is 0 Å². The largest absolute Gasteiger partial charge is 0.301 e. The molecule has 0 aromatic carbocycles. The first kappa shape index (κ1) is 12.0. The van der Waals surface area contributed by atoms with Crippen molar-refractivity contribution in [1.82, 2.24) is 9.80 Å². The fraction of sp³-hybridized carbons (Fsp3) is 1.00. The van der Waals surface area contributed by atoms with Gasteiger partial charge >= 0.3 is 0 Å². The van der Waals surface area contributed by atoms with Crippen LogP contribution in [0.4, 0.5) is 0 Å². The minimum absolute atomic E-state index is 0.0892. The highest BCUT2D eigenvalue weighted by atomic mass is 16.2. The second-order valence-corrected chi connectivity index (χ2v) is 4.38. The van der Waals surface area contributed by atoms with Crippen molar-refractivity contribution in [3.05, 3.63) is 0 Å². The number of hydrogen-bond donors (Lipinski definition) is 0. The van der Waals surface area contributed by atoms with E-state index in [1.807, 2.05) is 0 Å². The highest BCUT2D eigenvalue weighted by Crippen LogP contribution is 2.06. The van der Waals surface area contributed by atoms with Crippen molar-refractivity contribution in [3.63, 3.8) is 0 Å². The minimum atomic E-state index is 0.0892. The molecule has 0 unspecified atom stereocenters. The second kappa shape index (κ2) is 6.38. The molecule has 83 valence electrons. The summed E-state index contributed by atoms with van der Waals surface area (Å²) in [5.74, 6) is 0. The number of hydrogen-bond acceptors (Lipinski definition) is 2. The monoisotopic (exact) mass is 199 g/mol. The molecule has 1 radical (unpaired) electrons. The van der Waals surface area contributed by atoms with Crippen molar-refractivity contribution < 1.29 is 5.11 Å². The van der Waals surface area contributed by atoms with Crippen LogP contribution in [0.1, 0.15) is 26.7 Å². The van der Waals surface area contributed by atoms with Gasteiger partial charge in [-0.25, -0.2) is 5.11 Å². The maximum atomic E-state index is 10.3. The van der Waals surface area contributed by atoms with Gasteiger partial charge in [0.2, 0.25) is 0 Å². The molecule has 0 spiro atoms. The van der Waals surface area contributed by atoms with Gasteiger partial charge in [-0.3, -0.25) is 4.90 Å². The Hall–Kier alpha value is -0.120. The summed E-state index contributed by atoms with van der Waals surface area (Å²) >= 11 is 0. The molecule has 0 aliphatic carbocycles. The molecule has 0 aromatic rings. The van der Waals surface area contributed by atoms with Gasteiger partial charge < -0.3 is 4.90 Å². The van der Waals surface area contributed by atoms with Gasteiger partial charge in [-0.2, -0.15) is 0 Å². The van der Waals surface area contributed by atoms with E-state index in [0.29, 0.717) is 6.04 Å². The number of nitrogens with zero attached hydrogens (tertiary/aromatic N) is 2. The average molecular weight is 199 g/mol. The molecular weight excluding hydrogens is 176 g/mol. The van der Waals surface area contributed by atoms with E-state index in [0.717, 1.165) is 19.4 Å². The lowest BCUT2D eigenvalue weighted by atomic mass is 10.2. The Morgan fingerprint density at radius 1 is 1.07 bits per heavy atom. The van der Waals surface area contributed by atoms with E-state index >= 15 is 0 Å². The van der Waals surface area contributed by atoms with Crippen molar-refractivity contribution in [2.75, 3.05) is 39.3 Å². The van der Waals surface area contributed by atoms with E-state index in [2.05, 4.69) is 23.6 Å². The molecule has 3 nitrogen and oxygen atoms in total. The molecule has 0 N–H and O–H groups in total. The molecule has 14 heavy (non-hydrogen) atoms. The summed E-state index contributed by atoms with van der Waals surface area (Å²) in [6, 6.07) is 0.679. The Kier molecular flexibility index (Phi) is 5.45. The predicted molar refractivity (Wildman–Crippen MR) is 57.9 cm³/mol. The molecule has 0 aromatic heterocycles. The summed E-state index contributed by atoms with van der Waals surface area (Å²) in [6.07, 6.45) is 1.91. The van der Waals surface area contributed by atoms with E-state index in [1.165, 1.54) is 26.2 Å². The summed E-state index contributed by atoms with van der Waals surface area (Å²) in [7, 11) is 0. The van der Waals surface area contributed by atoms with Gasteiger partial charge in [-0.1, -0.05) is 0 Å². The van der Waals surface area contributed by atoms with Crippen LogP contribution in [0.2, 0.25) is 0 Å². The average Bonchev–Trinajstić information content (AvgIpc) is 2.19. The number of rotatable bonds is 5. The van der Waals surface area contributed by atoms with Gasteiger partial charge in [0.25, 0.3) is 0 Å². The van der Waals surface area contributed by atoms with Gasteiger partial charge in [0.05, 0.1) is 6.61 Å². The van der Waals surface area contributed by atoms with E-state index in [9.17, 15) is 5.11 Å². The lowest BCUT2D eigenvalue weighted by Gasteiger charge is -2.36. The Morgan fingerprint density at radius 3 is 2.21 bits per heavy atom. The minimum Gasteiger partial charge on any atom is -0.301 e. The smallest absolute Gasteiger partial charge is 0.0822 e. The predicted octanol–water partition coefficient (Wildman–Crippen LogP) is 1.22. The zero-order valence-electron chi connectivity index (χ0n) is 9.54. The van der Waals surface area contributed by atoms with Crippen LogP contribution < -0.4 is 0 Å². The van der Waals surface area contributed by atoms with Crippen LogP contribution in [0.25, 0.3) is 0 Å². The SMILES string of the molecule is CC(C)N1CCN(CCCC[O])CC1. The standard InChI is InChI=1S/C11H23N2O/c1-11(2)13-8-6-12(7-9-13)5-3-4-10-14/h11H,3-10H2,1-2H3. The maximum absolute atomic E-state index is 10.3. The van der Waals surface area contributed by atoms with Gasteiger partial charge in [0, 0.05) is 32.2 Å². The van der Waals surface area contributed by atoms with Gasteiger partial charge in [-0.05, 0) is 33.2 Å². The topological polar surface area (TPSA) is 26.4 Å². The highest BCUT2D eigenvalue weighted by molar-refractivity contribution is 4.73. The molecule has 0 bridgehead atoms. The van der Waals surface area contributed by atoms with Crippen LogP contribution in [0, 0.1) is 0 Å². The molecule has 1 rings (SSSR count). The van der Waals surface area contributed by atoms with Gasteiger partial charge in [-0.15, -0.1) is 0 Å². The summed E-state index contributed by atoms with van der Waals surface area (Å²) < 4.78 is 0. The summed E-state index contributed by atoms with van der Waals surface area (Å²) in [4.78, 5) is 5.00. The van der Waals surface area contributed by atoms with Crippen molar-refractivity contribution in [3.8, 4) is 0 Å². The lowest BCUT2D eigenvalue weighted by molar-refractivity contribution is 0.104. The normalized spacial score (nSPS) is 20.6. The van der Waals surface area contributed by atoms with Crippen LogP contribution in [0.5, 0.6) is 0 Å². The van der Waals surface area contributed by atoms with Gasteiger partial charge in [0.15, 0.2) is 0 Å². The molecule has 3 heteroatoms. The summed E-state index contributed by atoms with van der Waals surface area (Å²) in [5.41, 5.74) is 0. The lowest BCUT2D eigenvalue weighted by Crippen LogP contribution is -2.48. The van der Waals surface area contributed by atoms with Crippen LogP contribution in [0.3, 0.4) is 0 Å². The van der Waals surface area contributed by atoms with E-state index in [-0.39, 0.29) is 6.61 Å². The first-order valence-corrected chi connectivity index (χ1v) is 5.78. The van der Waals surface area contributed by atoms with E-state index in [4.69, 9.17) is 0 Å². The molecule has 1 heterocycles. The first-order valence-electron chi connectivity index (χ1n) is 5.78. The van der Waals surface area contributed by atoms with Crippen LogP contribution >= 0.6 is 0 Å². The fourth-order valence-electron chi connectivity index (χ4n) is 1.94. The third kappa shape index (κ3) is 3.95. The van der Waals surface area contributed by atoms with Crippen LogP contribution in [0.15, 0.2) is 0 Å². The molecular formula is C11H23N2O. The van der Waals surface area contributed by atoms with Crippen molar-refractivity contribution >= 4 is 0 Å². The Morgan fingerprint density at radius 2 is 1.71 bits per heavy atom. The molecule has 0 amide bonds. The first-order chi connectivity index (χ1) is 6.74. The van der Waals surface area contributed by atoms with E-state index in [1.54, 1.807) is 0 Å². The zero-order chi connectivity index (χ0) is 10.4. The quantitative estimate of drug-likeness (QED) is 0.622. The Labute approximate surface area is 87.7 Å². The molecule has 1 fully saturated rings. The third-order valence-electron chi connectivity index (χ3n) is 3.01. The number of unbranched alkanes of at least 4 members (excludes halogenated alkanes) is 1. The number of piperazine rings is 1. The molecule has 0 atom stereocenters.